The first-order valence-electron chi connectivity index (χ1n) is 12.3. The Morgan fingerprint density at radius 2 is 1.62 bits per heavy atom. The van der Waals surface area contributed by atoms with E-state index in [1.54, 1.807) is 0 Å². The van der Waals surface area contributed by atoms with Gasteiger partial charge in [0.25, 0.3) is 11.8 Å². The zero-order valence-corrected chi connectivity index (χ0v) is 19.8. The van der Waals surface area contributed by atoms with Gasteiger partial charge in [0.1, 0.15) is 5.75 Å². The van der Waals surface area contributed by atoms with E-state index in [-0.39, 0.29) is 12.5 Å². The number of rotatable bonds is 6. The van der Waals surface area contributed by atoms with Crippen molar-refractivity contribution in [2.45, 2.75) is 45.1 Å². The first-order chi connectivity index (χ1) is 16.7. The van der Waals surface area contributed by atoms with Gasteiger partial charge in [0.2, 0.25) is 5.82 Å². The van der Waals surface area contributed by atoms with Crippen LogP contribution in [-0.4, -0.2) is 64.7 Å². The van der Waals surface area contributed by atoms with Gasteiger partial charge in [-0.25, -0.2) is 0 Å². The van der Waals surface area contributed by atoms with Crippen molar-refractivity contribution in [3.05, 3.63) is 54.1 Å². The number of aryl methyl sites for hydroxylation is 1. The standard InChI is InChI=1S/C27H32N4O3/c1-20-5-7-21(8-6-20)26-28-27(34-29-26)22-9-11-24(12-10-22)33-19-25(32)31-17-13-23(14-18-31)30-15-3-2-4-16-30/h5-12,23H,2-4,13-19H2,1H3. The number of amides is 1. The van der Waals surface area contributed by atoms with Crippen molar-refractivity contribution in [2.24, 2.45) is 0 Å². The Labute approximate surface area is 200 Å². The molecule has 0 atom stereocenters. The Bertz CT molecular complexity index is 1080. The van der Waals surface area contributed by atoms with Crippen LogP contribution < -0.4 is 4.74 Å². The molecule has 5 rings (SSSR count). The molecule has 2 aliphatic rings. The molecule has 0 N–H and O–H groups in total. The first kappa shape index (κ1) is 22.6. The third-order valence-corrected chi connectivity index (χ3v) is 6.92. The van der Waals surface area contributed by atoms with E-state index < -0.39 is 0 Å². The van der Waals surface area contributed by atoms with Gasteiger partial charge in [-0.15, -0.1) is 0 Å². The van der Waals surface area contributed by atoms with Crippen LogP contribution in [0.25, 0.3) is 22.8 Å². The van der Waals surface area contributed by atoms with E-state index in [2.05, 4.69) is 15.0 Å². The molecule has 0 radical (unpaired) electrons. The van der Waals surface area contributed by atoms with E-state index in [0.29, 0.717) is 23.5 Å². The molecule has 1 amide bonds. The number of ether oxygens (including phenoxy) is 1. The summed E-state index contributed by atoms with van der Waals surface area (Å²) in [4.78, 5) is 21.7. The molecule has 3 aromatic rings. The molecule has 2 fully saturated rings. The minimum Gasteiger partial charge on any atom is -0.484 e. The number of carbonyl (C=O) groups excluding carboxylic acids is 1. The van der Waals surface area contributed by atoms with Crippen molar-refractivity contribution in [3.63, 3.8) is 0 Å². The second kappa shape index (κ2) is 10.4. The van der Waals surface area contributed by atoms with Gasteiger partial charge < -0.3 is 19.1 Å². The Morgan fingerprint density at radius 1 is 0.941 bits per heavy atom. The molecule has 1 aromatic heterocycles. The first-order valence-corrected chi connectivity index (χ1v) is 12.3. The predicted molar refractivity (Wildman–Crippen MR) is 130 cm³/mol. The number of nitrogens with zero attached hydrogens (tertiary/aromatic N) is 4. The molecule has 0 saturated carbocycles. The van der Waals surface area contributed by atoms with E-state index in [1.807, 2.05) is 60.4 Å². The van der Waals surface area contributed by atoms with Gasteiger partial charge >= 0.3 is 0 Å². The van der Waals surface area contributed by atoms with Crippen molar-refractivity contribution in [2.75, 3.05) is 32.8 Å². The third kappa shape index (κ3) is 5.30. The van der Waals surface area contributed by atoms with Crippen LogP contribution in [0, 0.1) is 6.92 Å². The van der Waals surface area contributed by atoms with E-state index in [9.17, 15) is 4.79 Å². The number of aromatic nitrogens is 2. The molecule has 0 bridgehead atoms. The van der Waals surface area contributed by atoms with Gasteiger partial charge in [-0.1, -0.05) is 41.4 Å². The Kier molecular flexibility index (Phi) is 6.90. The summed E-state index contributed by atoms with van der Waals surface area (Å²) in [6.07, 6.45) is 6.11. The van der Waals surface area contributed by atoms with Gasteiger partial charge in [-0.05, 0) is 70.0 Å². The van der Waals surface area contributed by atoms with Gasteiger partial charge in [-0.2, -0.15) is 4.98 Å². The molecule has 34 heavy (non-hydrogen) atoms. The molecule has 0 aliphatic carbocycles. The Morgan fingerprint density at radius 3 is 2.32 bits per heavy atom. The molecular weight excluding hydrogens is 428 g/mol. The molecule has 2 aliphatic heterocycles. The molecule has 0 spiro atoms. The lowest BCUT2D eigenvalue weighted by molar-refractivity contribution is -0.135. The average molecular weight is 461 g/mol. The molecule has 7 heteroatoms. The fourth-order valence-corrected chi connectivity index (χ4v) is 4.85. The minimum atomic E-state index is 0.0563. The van der Waals surface area contributed by atoms with Gasteiger partial charge in [0.15, 0.2) is 6.61 Å². The van der Waals surface area contributed by atoms with Crippen molar-refractivity contribution >= 4 is 5.91 Å². The van der Waals surface area contributed by atoms with Crippen LogP contribution >= 0.6 is 0 Å². The summed E-state index contributed by atoms with van der Waals surface area (Å²) in [5.41, 5.74) is 2.91. The number of hydrogen-bond donors (Lipinski definition) is 0. The number of likely N-dealkylation sites (tertiary alicyclic amines) is 2. The van der Waals surface area contributed by atoms with Gasteiger partial charge in [0, 0.05) is 30.3 Å². The molecule has 2 aromatic carbocycles. The third-order valence-electron chi connectivity index (χ3n) is 6.92. The summed E-state index contributed by atoms with van der Waals surface area (Å²) < 4.78 is 11.2. The van der Waals surface area contributed by atoms with Crippen molar-refractivity contribution < 1.29 is 14.1 Å². The number of hydrogen-bond acceptors (Lipinski definition) is 6. The highest BCUT2D eigenvalue weighted by Crippen LogP contribution is 2.25. The maximum Gasteiger partial charge on any atom is 0.260 e. The van der Waals surface area contributed by atoms with Gasteiger partial charge in [0.05, 0.1) is 0 Å². The largest absolute Gasteiger partial charge is 0.484 e. The SMILES string of the molecule is Cc1ccc(-c2noc(-c3ccc(OCC(=O)N4CCC(N5CCCCC5)CC4)cc3)n2)cc1. The highest BCUT2D eigenvalue weighted by molar-refractivity contribution is 5.78. The number of piperidine rings is 2. The number of carbonyl (C=O) groups is 1. The van der Waals surface area contributed by atoms with Crippen molar-refractivity contribution in [1.29, 1.82) is 0 Å². The summed E-state index contributed by atoms with van der Waals surface area (Å²) in [7, 11) is 0. The highest BCUT2D eigenvalue weighted by Gasteiger charge is 2.27. The fraction of sp³-hybridized carbons (Fsp3) is 0.444. The summed E-state index contributed by atoms with van der Waals surface area (Å²) in [6.45, 7) is 6.18. The van der Waals surface area contributed by atoms with E-state index in [4.69, 9.17) is 9.26 Å². The Hall–Kier alpha value is -3.19. The fourth-order valence-electron chi connectivity index (χ4n) is 4.85. The quantitative estimate of drug-likeness (QED) is 0.537. The molecule has 7 nitrogen and oxygen atoms in total. The normalized spacial score (nSPS) is 17.6. The molecular formula is C27H32N4O3. The lowest BCUT2D eigenvalue weighted by Gasteiger charge is -2.40. The summed E-state index contributed by atoms with van der Waals surface area (Å²) in [6, 6.07) is 16.1. The predicted octanol–water partition coefficient (Wildman–Crippen LogP) is 4.57. The summed E-state index contributed by atoms with van der Waals surface area (Å²) in [5.74, 6) is 1.72. The zero-order chi connectivity index (χ0) is 23.3. The lowest BCUT2D eigenvalue weighted by atomic mass is 10.00. The van der Waals surface area contributed by atoms with Crippen LogP contribution in [0.4, 0.5) is 0 Å². The van der Waals surface area contributed by atoms with Gasteiger partial charge in [-0.3, -0.25) is 4.79 Å². The van der Waals surface area contributed by atoms with Crippen LogP contribution in [0.1, 0.15) is 37.7 Å². The minimum absolute atomic E-state index is 0.0563. The summed E-state index contributed by atoms with van der Waals surface area (Å²) in [5, 5.41) is 4.09. The van der Waals surface area contributed by atoms with Crippen LogP contribution in [0.5, 0.6) is 5.75 Å². The molecule has 2 saturated heterocycles. The van der Waals surface area contributed by atoms with Crippen LogP contribution in [0.15, 0.2) is 53.1 Å². The lowest BCUT2D eigenvalue weighted by Crippen LogP contribution is -2.49. The Balaban J connectivity index is 1.11. The maximum atomic E-state index is 12.7. The van der Waals surface area contributed by atoms with Crippen LogP contribution in [0.3, 0.4) is 0 Å². The molecule has 0 unspecified atom stereocenters. The van der Waals surface area contributed by atoms with Crippen molar-refractivity contribution in [3.8, 4) is 28.6 Å². The monoisotopic (exact) mass is 460 g/mol. The van der Waals surface area contributed by atoms with E-state index in [1.165, 1.54) is 37.9 Å². The van der Waals surface area contributed by atoms with Crippen molar-refractivity contribution in [1.82, 2.24) is 19.9 Å². The molecule has 178 valence electrons. The number of benzene rings is 2. The topological polar surface area (TPSA) is 71.7 Å². The summed E-state index contributed by atoms with van der Waals surface area (Å²) >= 11 is 0. The smallest absolute Gasteiger partial charge is 0.260 e. The van der Waals surface area contributed by atoms with E-state index >= 15 is 0 Å². The van der Waals surface area contributed by atoms with Crippen LogP contribution in [0.2, 0.25) is 0 Å². The second-order valence-electron chi connectivity index (χ2n) is 9.31. The zero-order valence-electron chi connectivity index (χ0n) is 19.8. The average Bonchev–Trinajstić information content (AvgIpc) is 3.39. The molecule has 3 heterocycles. The van der Waals surface area contributed by atoms with Crippen LogP contribution in [-0.2, 0) is 4.79 Å². The highest BCUT2D eigenvalue weighted by atomic mass is 16.5. The van der Waals surface area contributed by atoms with E-state index in [0.717, 1.165) is 37.1 Å². The second-order valence-corrected chi connectivity index (χ2v) is 9.31. The maximum absolute atomic E-state index is 12.7.